The van der Waals surface area contributed by atoms with Gasteiger partial charge in [0.05, 0.1) is 11.1 Å². The average Bonchev–Trinajstić information content (AvgIpc) is 2.72. The number of nitrogens with one attached hydrogen (secondary N) is 2. The molecule has 1 fully saturated rings. The van der Waals surface area contributed by atoms with Crippen LogP contribution in [0.15, 0.2) is 42.5 Å². The molecule has 1 saturated heterocycles. The number of nitrogen functional groups attached to an aromatic ring is 1. The Hall–Kier alpha value is -3.56. The molecule has 1 aliphatic heterocycles. The zero-order valence-electron chi connectivity index (χ0n) is 17.4. The number of amides is 1. The molecular formula is C22H23F3N6O. The Balaban J connectivity index is 1.70. The highest BCUT2D eigenvalue weighted by Crippen LogP contribution is 2.34. The van der Waals surface area contributed by atoms with Gasteiger partial charge in [-0.05, 0) is 43.2 Å². The number of hydrogen-bond donors (Lipinski definition) is 3. The van der Waals surface area contributed by atoms with Gasteiger partial charge in [0, 0.05) is 42.8 Å². The van der Waals surface area contributed by atoms with Gasteiger partial charge in [-0.3, -0.25) is 4.79 Å². The minimum absolute atomic E-state index is 0.00495. The van der Waals surface area contributed by atoms with E-state index in [1.807, 2.05) is 24.3 Å². The average molecular weight is 444 g/mol. The molecule has 0 unspecified atom stereocenters. The van der Waals surface area contributed by atoms with Crippen LogP contribution in [0.4, 0.5) is 36.3 Å². The third-order valence-electron chi connectivity index (χ3n) is 5.25. The lowest BCUT2D eigenvalue weighted by molar-refractivity contribution is -0.137. The van der Waals surface area contributed by atoms with E-state index in [1.54, 1.807) is 0 Å². The molecule has 2 heterocycles. The quantitative estimate of drug-likeness (QED) is 0.525. The van der Waals surface area contributed by atoms with Crippen molar-refractivity contribution in [1.29, 1.82) is 0 Å². The molecule has 1 aromatic heterocycles. The minimum atomic E-state index is -4.52. The maximum absolute atomic E-state index is 13.2. The van der Waals surface area contributed by atoms with E-state index >= 15 is 0 Å². The van der Waals surface area contributed by atoms with Crippen LogP contribution in [-0.2, 0) is 11.0 Å². The molecule has 1 aliphatic rings. The lowest BCUT2D eigenvalue weighted by Gasteiger charge is -2.34. The normalized spacial score (nSPS) is 16.8. The smallest absolute Gasteiger partial charge is 0.399 e. The number of hydrogen-bond acceptors (Lipinski definition) is 6. The van der Waals surface area contributed by atoms with Crippen LogP contribution in [0.2, 0.25) is 0 Å². The molecule has 1 amide bonds. The summed E-state index contributed by atoms with van der Waals surface area (Å²) in [7, 11) is 0. The van der Waals surface area contributed by atoms with Gasteiger partial charge in [-0.25, -0.2) is 4.98 Å². The van der Waals surface area contributed by atoms with Gasteiger partial charge in [0.1, 0.15) is 5.82 Å². The first-order chi connectivity index (χ1) is 15.2. The monoisotopic (exact) mass is 444 g/mol. The summed E-state index contributed by atoms with van der Waals surface area (Å²) < 4.78 is 39.5. The van der Waals surface area contributed by atoms with Crippen molar-refractivity contribution in [2.45, 2.75) is 32.0 Å². The van der Waals surface area contributed by atoms with Crippen molar-refractivity contribution in [3.63, 3.8) is 0 Å². The molecular weight excluding hydrogens is 421 g/mol. The Morgan fingerprint density at radius 1 is 1.19 bits per heavy atom. The second-order valence-electron chi connectivity index (χ2n) is 7.84. The van der Waals surface area contributed by atoms with Crippen molar-refractivity contribution in [2.24, 2.45) is 0 Å². The molecule has 3 aromatic rings. The molecule has 0 saturated carbocycles. The number of anilines is 4. The summed E-state index contributed by atoms with van der Waals surface area (Å²) in [6.07, 6.45) is -2.78. The zero-order valence-corrected chi connectivity index (χ0v) is 17.4. The number of alkyl halides is 3. The summed E-state index contributed by atoms with van der Waals surface area (Å²) in [4.78, 5) is 22.7. The highest BCUT2D eigenvalue weighted by molar-refractivity contribution is 5.91. The lowest BCUT2D eigenvalue weighted by atomic mass is 10.0. The van der Waals surface area contributed by atoms with Gasteiger partial charge in [0.25, 0.3) is 0 Å². The second-order valence-corrected chi connectivity index (χ2v) is 7.84. The summed E-state index contributed by atoms with van der Waals surface area (Å²) in [5, 5.41) is 6.65. The number of fused-ring (bicyclic) bond motifs is 1. The third-order valence-corrected chi connectivity index (χ3v) is 5.25. The highest BCUT2D eigenvalue weighted by atomic mass is 19.4. The summed E-state index contributed by atoms with van der Waals surface area (Å²) in [6, 6.07) is 10.7. The van der Waals surface area contributed by atoms with Crippen LogP contribution >= 0.6 is 0 Å². The maximum Gasteiger partial charge on any atom is 0.416 e. The van der Waals surface area contributed by atoms with Gasteiger partial charge in [0.2, 0.25) is 11.9 Å². The van der Waals surface area contributed by atoms with Crippen LogP contribution in [0.5, 0.6) is 0 Å². The number of carbonyl (C=O) groups is 1. The van der Waals surface area contributed by atoms with E-state index in [9.17, 15) is 18.0 Å². The first-order valence-electron chi connectivity index (χ1n) is 10.2. The number of aromatic nitrogens is 2. The highest BCUT2D eigenvalue weighted by Gasteiger charge is 2.31. The van der Waals surface area contributed by atoms with Crippen molar-refractivity contribution in [3.05, 3.63) is 48.0 Å². The molecule has 32 heavy (non-hydrogen) atoms. The topological polar surface area (TPSA) is 96.2 Å². The summed E-state index contributed by atoms with van der Waals surface area (Å²) in [5.74, 6) is 0.737. The summed E-state index contributed by atoms with van der Waals surface area (Å²) >= 11 is 0. The summed E-state index contributed by atoms with van der Waals surface area (Å²) in [6.45, 7) is 2.81. The molecule has 2 aromatic carbocycles. The van der Waals surface area contributed by atoms with Gasteiger partial charge in [-0.2, -0.15) is 18.2 Å². The van der Waals surface area contributed by atoms with E-state index in [-0.39, 0.29) is 29.3 Å². The number of rotatable bonds is 4. The van der Waals surface area contributed by atoms with Crippen LogP contribution in [-0.4, -0.2) is 35.0 Å². The van der Waals surface area contributed by atoms with E-state index < -0.39 is 11.7 Å². The number of benzene rings is 2. The Labute approximate surface area is 182 Å². The van der Waals surface area contributed by atoms with Gasteiger partial charge in [-0.1, -0.05) is 12.1 Å². The number of piperidine rings is 1. The number of nitrogens with two attached hydrogens (primary N) is 1. The molecule has 168 valence electrons. The fraction of sp³-hybridized carbons (Fsp3) is 0.318. The third kappa shape index (κ3) is 4.84. The Bertz CT molecular complexity index is 1150. The minimum Gasteiger partial charge on any atom is -0.399 e. The van der Waals surface area contributed by atoms with Crippen molar-refractivity contribution in [1.82, 2.24) is 15.3 Å². The zero-order chi connectivity index (χ0) is 22.9. The Kier molecular flexibility index (Phi) is 5.77. The van der Waals surface area contributed by atoms with Crippen LogP contribution in [0, 0.1) is 0 Å². The molecule has 10 heteroatoms. The maximum atomic E-state index is 13.2. The number of nitrogens with zero attached hydrogens (tertiary/aromatic N) is 3. The molecule has 4 rings (SSSR count). The SMILES string of the molecule is CC(=O)N[C@@H]1CCCN(c2nc(Nc3cc(N)cc(C(F)(F)F)c3)nc3ccccc23)C1. The molecule has 0 radical (unpaired) electrons. The van der Waals surface area contributed by atoms with E-state index in [0.29, 0.717) is 17.9 Å². The van der Waals surface area contributed by atoms with Gasteiger partial charge in [0.15, 0.2) is 0 Å². The van der Waals surface area contributed by atoms with Crippen molar-refractivity contribution >= 4 is 40.0 Å². The standard InChI is InChI=1S/C22H23F3N6O/c1-13(32)27-16-5-4-8-31(12-16)20-18-6-2-3-7-19(18)29-21(30-20)28-17-10-14(22(23,24)25)9-15(26)11-17/h2-3,6-7,9-11,16H,4-5,8,12,26H2,1H3,(H,27,32)(H,28,29,30)/t16-/m1/s1. The predicted molar refractivity (Wildman–Crippen MR) is 118 cm³/mol. The van der Waals surface area contributed by atoms with Gasteiger partial charge >= 0.3 is 6.18 Å². The van der Waals surface area contributed by atoms with Crippen molar-refractivity contribution in [2.75, 3.05) is 29.0 Å². The van der Waals surface area contributed by atoms with E-state index in [0.717, 1.165) is 36.9 Å². The van der Waals surface area contributed by atoms with Crippen LogP contribution < -0.4 is 21.3 Å². The summed E-state index contributed by atoms with van der Waals surface area (Å²) in [5.41, 5.74) is 5.61. The molecule has 4 N–H and O–H groups in total. The van der Waals surface area contributed by atoms with Crippen LogP contribution in [0.3, 0.4) is 0 Å². The number of halogens is 3. The van der Waals surface area contributed by atoms with Gasteiger partial charge < -0.3 is 21.3 Å². The van der Waals surface area contributed by atoms with E-state index in [2.05, 4.69) is 25.5 Å². The molecule has 0 aliphatic carbocycles. The van der Waals surface area contributed by atoms with Crippen LogP contribution in [0.1, 0.15) is 25.3 Å². The number of para-hydroxylation sites is 1. The molecule has 1 atom stereocenters. The largest absolute Gasteiger partial charge is 0.416 e. The fourth-order valence-electron chi connectivity index (χ4n) is 3.95. The predicted octanol–water partition coefficient (Wildman–Crippen LogP) is 4.08. The molecule has 0 spiro atoms. The fourth-order valence-corrected chi connectivity index (χ4v) is 3.95. The van der Waals surface area contributed by atoms with E-state index in [4.69, 9.17) is 5.73 Å². The Morgan fingerprint density at radius 2 is 1.97 bits per heavy atom. The van der Waals surface area contributed by atoms with E-state index in [1.165, 1.54) is 13.0 Å². The van der Waals surface area contributed by atoms with Crippen molar-refractivity contribution in [3.8, 4) is 0 Å². The molecule has 0 bridgehead atoms. The number of carbonyl (C=O) groups excluding carboxylic acids is 1. The lowest BCUT2D eigenvalue weighted by Crippen LogP contribution is -2.47. The van der Waals surface area contributed by atoms with Crippen molar-refractivity contribution < 1.29 is 18.0 Å². The first kappa shape index (κ1) is 21.7. The first-order valence-corrected chi connectivity index (χ1v) is 10.2. The second kappa shape index (κ2) is 8.52. The van der Waals surface area contributed by atoms with Gasteiger partial charge in [-0.15, -0.1) is 0 Å². The van der Waals surface area contributed by atoms with Crippen LogP contribution in [0.25, 0.3) is 10.9 Å². The Morgan fingerprint density at radius 3 is 2.72 bits per heavy atom. The molecule has 7 nitrogen and oxygen atoms in total.